The number of nitrogens with zero attached hydrogens (tertiary/aromatic N) is 4. The van der Waals surface area contributed by atoms with Crippen LogP contribution in [0.4, 0.5) is 0 Å². The Bertz CT molecular complexity index is 3850. The molecule has 13 rings (SSSR count). The standard InChI is InChI=1S/C57H34N4S2/c1-4-15-35(16-5-1)38-27-28-45-49(32-38)61(48-30-29-44-42-23-10-12-25-50(42)63-54(44)52(45)48)41-33-46(53-47(34-41)43-24-11-13-26-51(43)62-53)39-21-14-22-40(31-39)57-59-55(36-17-6-2-7-18-36)58-56(60-57)37-19-8-3-9-20-37/h1-34H. The average Bonchev–Trinajstić information content (AvgIpc) is 4.04. The molecule has 4 aromatic heterocycles. The van der Waals surface area contributed by atoms with E-state index < -0.39 is 0 Å². The van der Waals surface area contributed by atoms with E-state index in [4.69, 9.17) is 15.0 Å². The maximum absolute atomic E-state index is 5.11. The van der Waals surface area contributed by atoms with E-state index in [0.29, 0.717) is 17.5 Å². The Morgan fingerprint density at radius 2 is 0.857 bits per heavy atom. The highest BCUT2D eigenvalue weighted by atomic mass is 32.1. The third-order valence-corrected chi connectivity index (χ3v) is 14.7. The van der Waals surface area contributed by atoms with Crippen LogP contribution < -0.4 is 0 Å². The number of hydrogen-bond donors (Lipinski definition) is 0. The van der Waals surface area contributed by atoms with Crippen LogP contribution in [0.3, 0.4) is 0 Å². The zero-order valence-electron chi connectivity index (χ0n) is 33.7. The number of aromatic nitrogens is 4. The van der Waals surface area contributed by atoms with Crippen LogP contribution in [0.2, 0.25) is 0 Å². The van der Waals surface area contributed by atoms with Gasteiger partial charge in [0.1, 0.15) is 0 Å². The van der Waals surface area contributed by atoms with Crippen molar-refractivity contribution in [3.8, 4) is 62.1 Å². The van der Waals surface area contributed by atoms with Crippen LogP contribution in [-0.4, -0.2) is 19.5 Å². The molecule has 4 heterocycles. The van der Waals surface area contributed by atoms with Gasteiger partial charge in [-0.2, -0.15) is 0 Å². The second-order valence-electron chi connectivity index (χ2n) is 16.0. The fourth-order valence-electron chi connectivity index (χ4n) is 9.29. The molecule has 0 aliphatic rings. The normalized spacial score (nSPS) is 11.8. The van der Waals surface area contributed by atoms with Gasteiger partial charge in [-0.15, -0.1) is 22.7 Å². The van der Waals surface area contributed by atoms with Crippen molar-refractivity contribution in [3.63, 3.8) is 0 Å². The van der Waals surface area contributed by atoms with Gasteiger partial charge in [0.25, 0.3) is 0 Å². The lowest BCUT2D eigenvalue weighted by Gasteiger charge is -2.14. The Kier molecular flexibility index (Phi) is 8.22. The van der Waals surface area contributed by atoms with Gasteiger partial charge in [-0.25, -0.2) is 15.0 Å². The monoisotopic (exact) mass is 838 g/mol. The van der Waals surface area contributed by atoms with E-state index in [-0.39, 0.29) is 0 Å². The maximum atomic E-state index is 5.11. The minimum absolute atomic E-state index is 0.636. The molecule has 63 heavy (non-hydrogen) atoms. The van der Waals surface area contributed by atoms with Crippen molar-refractivity contribution in [3.05, 3.63) is 206 Å². The maximum Gasteiger partial charge on any atom is 0.164 e. The lowest BCUT2D eigenvalue weighted by atomic mass is 9.99. The summed E-state index contributed by atoms with van der Waals surface area (Å²) >= 11 is 3.74. The van der Waals surface area contributed by atoms with E-state index in [0.717, 1.165) is 27.9 Å². The highest BCUT2D eigenvalue weighted by molar-refractivity contribution is 7.27. The van der Waals surface area contributed by atoms with Crippen molar-refractivity contribution in [1.29, 1.82) is 0 Å². The highest BCUT2D eigenvalue weighted by Crippen LogP contribution is 2.47. The van der Waals surface area contributed by atoms with Crippen molar-refractivity contribution in [2.75, 3.05) is 0 Å². The Morgan fingerprint density at radius 1 is 0.317 bits per heavy atom. The van der Waals surface area contributed by atoms with Crippen LogP contribution in [0, 0.1) is 0 Å². The average molecular weight is 839 g/mol. The minimum Gasteiger partial charge on any atom is -0.309 e. The summed E-state index contributed by atoms with van der Waals surface area (Å²) in [7, 11) is 0. The Morgan fingerprint density at radius 3 is 1.54 bits per heavy atom. The zero-order valence-corrected chi connectivity index (χ0v) is 35.4. The number of fused-ring (bicyclic) bond motifs is 10. The predicted molar refractivity (Wildman–Crippen MR) is 267 cm³/mol. The van der Waals surface area contributed by atoms with Crippen molar-refractivity contribution < 1.29 is 0 Å². The SMILES string of the molecule is c1ccc(-c2ccc3c4c5sc6ccccc6c5ccc4n(-c4cc(-c5cccc(-c6nc(-c7ccccc7)nc(-c7ccccc7)n6)c5)c5sc6ccccc6c5c4)c3c2)cc1. The highest BCUT2D eigenvalue weighted by Gasteiger charge is 2.21. The summed E-state index contributed by atoms with van der Waals surface area (Å²) in [6.07, 6.45) is 0. The molecule has 0 unspecified atom stereocenters. The van der Waals surface area contributed by atoms with Crippen molar-refractivity contribution in [2.24, 2.45) is 0 Å². The molecular weight excluding hydrogens is 805 g/mol. The molecule has 294 valence electrons. The number of thiophene rings is 2. The lowest BCUT2D eigenvalue weighted by Crippen LogP contribution is -2.00. The van der Waals surface area contributed by atoms with Crippen LogP contribution >= 0.6 is 22.7 Å². The van der Waals surface area contributed by atoms with Gasteiger partial charge < -0.3 is 4.57 Å². The van der Waals surface area contributed by atoms with Crippen LogP contribution in [0.1, 0.15) is 0 Å². The number of rotatable bonds is 6. The molecule has 0 N–H and O–H groups in total. The molecule has 0 radical (unpaired) electrons. The minimum atomic E-state index is 0.636. The molecule has 9 aromatic carbocycles. The Labute approximate surface area is 370 Å². The first-order chi connectivity index (χ1) is 31.2. The molecule has 0 saturated carbocycles. The molecule has 0 bridgehead atoms. The van der Waals surface area contributed by atoms with E-state index in [9.17, 15) is 0 Å². The molecular formula is C57H34N4S2. The first-order valence-corrected chi connectivity index (χ1v) is 22.7. The van der Waals surface area contributed by atoms with Gasteiger partial charge in [-0.05, 0) is 59.2 Å². The van der Waals surface area contributed by atoms with Crippen molar-refractivity contribution in [1.82, 2.24) is 19.5 Å². The quantitative estimate of drug-likeness (QED) is 0.168. The smallest absolute Gasteiger partial charge is 0.164 e. The van der Waals surface area contributed by atoms with E-state index in [1.165, 1.54) is 78.8 Å². The van der Waals surface area contributed by atoms with Crippen LogP contribution in [0.15, 0.2) is 206 Å². The molecule has 0 amide bonds. The first-order valence-electron chi connectivity index (χ1n) is 21.1. The largest absolute Gasteiger partial charge is 0.309 e. The molecule has 0 spiro atoms. The van der Waals surface area contributed by atoms with Gasteiger partial charge >= 0.3 is 0 Å². The van der Waals surface area contributed by atoms with Gasteiger partial charge in [0.15, 0.2) is 17.5 Å². The van der Waals surface area contributed by atoms with E-state index in [1.807, 2.05) is 59.1 Å². The zero-order chi connectivity index (χ0) is 41.4. The molecule has 0 fully saturated rings. The second-order valence-corrected chi connectivity index (χ2v) is 18.1. The van der Waals surface area contributed by atoms with Crippen molar-refractivity contribution in [2.45, 2.75) is 0 Å². The third-order valence-electron chi connectivity index (χ3n) is 12.2. The van der Waals surface area contributed by atoms with E-state index >= 15 is 0 Å². The summed E-state index contributed by atoms with van der Waals surface area (Å²) in [5.74, 6) is 1.93. The summed E-state index contributed by atoms with van der Waals surface area (Å²) in [5, 5.41) is 7.64. The molecule has 13 aromatic rings. The van der Waals surface area contributed by atoms with Crippen molar-refractivity contribution >= 4 is 84.8 Å². The van der Waals surface area contributed by atoms with Gasteiger partial charge in [-0.3, -0.25) is 0 Å². The van der Waals surface area contributed by atoms with Gasteiger partial charge in [0, 0.05) is 79.1 Å². The summed E-state index contributed by atoms with van der Waals surface area (Å²) in [5.41, 5.74) is 11.0. The molecule has 6 heteroatoms. The summed E-state index contributed by atoms with van der Waals surface area (Å²) < 4.78 is 7.65. The summed E-state index contributed by atoms with van der Waals surface area (Å²) in [4.78, 5) is 15.2. The van der Waals surface area contributed by atoms with Crippen LogP contribution in [0.5, 0.6) is 0 Å². The fourth-order valence-corrected chi connectivity index (χ4v) is 11.8. The Hall–Kier alpha value is -7.77. The predicted octanol–water partition coefficient (Wildman–Crippen LogP) is 16.0. The number of benzene rings is 9. The van der Waals surface area contributed by atoms with E-state index in [1.54, 1.807) is 0 Å². The number of hydrogen-bond acceptors (Lipinski definition) is 5. The van der Waals surface area contributed by atoms with Gasteiger partial charge in [0.2, 0.25) is 0 Å². The molecule has 4 nitrogen and oxygen atoms in total. The van der Waals surface area contributed by atoms with E-state index in [2.05, 4.69) is 174 Å². The topological polar surface area (TPSA) is 43.6 Å². The fraction of sp³-hybridized carbons (Fsp3) is 0. The lowest BCUT2D eigenvalue weighted by molar-refractivity contribution is 1.07. The molecule has 0 saturated heterocycles. The van der Waals surface area contributed by atoms with Crippen LogP contribution in [-0.2, 0) is 0 Å². The summed E-state index contributed by atoms with van der Waals surface area (Å²) in [6.45, 7) is 0. The molecule has 0 aliphatic heterocycles. The molecule has 0 aliphatic carbocycles. The van der Waals surface area contributed by atoms with Gasteiger partial charge in [0.05, 0.1) is 11.0 Å². The summed E-state index contributed by atoms with van der Waals surface area (Å²) in [6, 6.07) is 73.9. The Balaban J connectivity index is 1.07. The molecule has 0 atom stereocenters. The second kappa shape index (κ2) is 14.4. The third kappa shape index (κ3) is 5.91. The first kappa shape index (κ1) is 35.9. The van der Waals surface area contributed by atoms with Crippen LogP contribution in [0.25, 0.3) is 124 Å². The van der Waals surface area contributed by atoms with Gasteiger partial charge in [-0.1, -0.05) is 164 Å².